The predicted octanol–water partition coefficient (Wildman–Crippen LogP) is 3.20. The number of benzene rings is 1. The molecule has 25 heavy (non-hydrogen) atoms. The van der Waals surface area contributed by atoms with Crippen LogP contribution in [0.5, 0.6) is 0 Å². The van der Waals surface area contributed by atoms with Crippen molar-refractivity contribution in [3.05, 3.63) is 59.5 Å². The number of halogens is 4. The number of rotatable bonds is 2. The minimum absolute atomic E-state index is 0.268. The third kappa shape index (κ3) is 3.72. The van der Waals surface area contributed by atoms with E-state index in [1.54, 1.807) is 12.3 Å². The molecule has 1 aromatic heterocycles. The second-order valence-electron chi connectivity index (χ2n) is 5.65. The predicted molar refractivity (Wildman–Crippen MR) is 83.8 cm³/mol. The first-order valence-electron chi connectivity index (χ1n) is 7.68. The number of carbonyl (C=O) groups excluding carboxylic acids is 1. The topological polar surface area (TPSA) is 36.4 Å². The van der Waals surface area contributed by atoms with Crippen molar-refractivity contribution in [3.63, 3.8) is 0 Å². The Balaban J connectivity index is 1.75. The molecule has 1 amide bonds. The van der Waals surface area contributed by atoms with Crippen molar-refractivity contribution in [1.82, 2.24) is 9.88 Å². The molecule has 1 aromatic carbocycles. The molecule has 1 saturated heterocycles. The summed E-state index contributed by atoms with van der Waals surface area (Å²) >= 11 is 0. The second kappa shape index (κ2) is 6.70. The van der Waals surface area contributed by atoms with Crippen LogP contribution in [0, 0.1) is 5.82 Å². The van der Waals surface area contributed by atoms with E-state index in [9.17, 15) is 22.4 Å². The first-order chi connectivity index (χ1) is 11.9. The summed E-state index contributed by atoms with van der Waals surface area (Å²) in [5, 5.41) is 0. The minimum atomic E-state index is -4.79. The normalized spacial score (nSPS) is 15.4. The number of carbonyl (C=O) groups is 1. The maximum Gasteiger partial charge on any atom is 0.417 e. The number of hydrogen-bond acceptors (Lipinski definition) is 3. The molecular weight excluding hydrogens is 338 g/mol. The van der Waals surface area contributed by atoms with Gasteiger partial charge in [-0.05, 0) is 30.3 Å². The number of alkyl halides is 3. The molecule has 0 radical (unpaired) electrons. The Morgan fingerprint density at radius 1 is 1.04 bits per heavy atom. The van der Waals surface area contributed by atoms with E-state index >= 15 is 0 Å². The van der Waals surface area contributed by atoms with Crippen LogP contribution in [0.15, 0.2) is 42.6 Å². The summed E-state index contributed by atoms with van der Waals surface area (Å²) in [6.07, 6.45) is -3.14. The monoisotopic (exact) mass is 353 g/mol. The minimum Gasteiger partial charge on any atom is -0.353 e. The van der Waals surface area contributed by atoms with E-state index in [1.807, 2.05) is 17.0 Å². The van der Waals surface area contributed by atoms with E-state index in [0.29, 0.717) is 19.2 Å². The van der Waals surface area contributed by atoms with Crippen LogP contribution in [0.4, 0.5) is 23.4 Å². The molecule has 1 aliphatic heterocycles. The zero-order chi connectivity index (χ0) is 18.0. The van der Waals surface area contributed by atoms with Crippen LogP contribution < -0.4 is 4.90 Å². The number of nitrogens with zero attached hydrogens (tertiary/aromatic N) is 3. The van der Waals surface area contributed by atoms with E-state index in [1.165, 1.54) is 4.90 Å². The lowest BCUT2D eigenvalue weighted by Crippen LogP contribution is -2.49. The quantitative estimate of drug-likeness (QED) is 0.778. The second-order valence-corrected chi connectivity index (χ2v) is 5.65. The summed E-state index contributed by atoms with van der Waals surface area (Å²) in [6.45, 7) is 1.46. The Kier molecular flexibility index (Phi) is 4.61. The molecule has 4 nitrogen and oxygen atoms in total. The zero-order valence-electron chi connectivity index (χ0n) is 13.1. The number of hydrogen-bond donors (Lipinski definition) is 0. The highest BCUT2D eigenvalue weighted by molar-refractivity contribution is 5.96. The lowest BCUT2D eigenvalue weighted by Gasteiger charge is -2.35. The molecule has 0 saturated carbocycles. The van der Waals surface area contributed by atoms with E-state index in [0.717, 1.165) is 18.0 Å². The molecule has 132 valence electrons. The van der Waals surface area contributed by atoms with Crippen molar-refractivity contribution in [2.45, 2.75) is 6.18 Å². The van der Waals surface area contributed by atoms with Gasteiger partial charge in [0.15, 0.2) is 0 Å². The van der Waals surface area contributed by atoms with Crippen molar-refractivity contribution < 1.29 is 22.4 Å². The number of amides is 1. The summed E-state index contributed by atoms with van der Waals surface area (Å²) in [5.41, 5.74) is -1.77. The van der Waals surface area contributed by atoms with Crippen LogP contribution in [0.25, 0.3) is 0 Å². The molecule has 2 heterocycles. The maximum atomic E-state index is 13.2. The van der Waals surface area contributed by atoms with Gasteiger partial charge in [-0.1, -0.05) is 6.07 Å². The average Bonchev–Trinajstić information content (AvgIpc) is 2.61. The molecule has 0 spiro atoms. The Labute approximate surface area is 141 Å². The molecule has 3 rings (SSSR count). The highest BCUT2D eigenvalue weighted by Gasteiger charge is 2.37. The SMILES string of the molecule is O=C(c1ccc(F)cc1C(F)(F)F)N1CCN(c2ccccn2)CC1. The summed E-state index contributed by atoms with van der Waals surface area (Å²) in [6, 6.07) is 7.58. The lowest BCUT2D eigenvalue weighted by atomic mass is 10.0. The summed E-state index contributed by atoms with van der Waals surface area (Å²) in [4.78, 5) is 20.0. The van der Waals surface area contributed by atoms with Crippen molar-refractivity contribution in [3.8, 4) is 0 Å². The summed E-state index contributed by atoms with van der Waals surface area (Å²) in [5.74, 6) is -1.01. The molecule has 1 aliphatic rings. The molecular formula is C17H15F4N3O. The Morgan fingerprint density at radius 2 is 1.76 bits per heavy atom. The molecule has 2 aromatic rings. The fourth-order valence-corrected chi connectivity index (χ4v) is 2.79. The van der Waals surface area contributed by atoms with Gasteiger partial charge in [0, 0.05) is 32.4 Å². The molecule has 0 bridgehead atoms. The van der Waals surface area contributed by atoms with Crippen molar-refractivity contribution in [1.29, 1.82) is 0 Å². The van der Waals surface area contributed by atoms with E-state index < -0.39 is 29.0 Å². The van der Waals surface area contributed by atoms with E-state index in [-0.39, 0.29) is 13.1 Å². The van der Waals surface area contributed by atoms with Crippen molar-refractivity contribution >= 4 is 11.7 Å². The van der Waals surface area contributed by atoms with Crippen LogP contribution in [-0.2, 0) is 6.18 Å². The molecule has 0 atom stereocenters. The first kappa shape index (κ1) is 17.2. The van der Waals surface area contributed by atoms with Crippen LogP contribution in [0.1, 0.15) is 15.9 Å². The van der Waals surface area contributed by atoms with Crippen molar-refractivity contribution in [2.75, 3.05) is 31.1 Å². The molecule has 0 N–H and O–H groups in total. The van der Waals surface area contributed by atoms with Gasteiger partial charge < -0.3 is 9.80 Å². The molecule has 1 fully saturated rings. The van der Waals surface area contributed by atoms with Gasteiger partial charge in [0.1, 0.15) is 11.6 Å². The highest BCUT2D eigenvalue weighted by Crippen LogP contribution is 2.33. The van der Waals surface area contributed by atoms with Crippen LogP contribution in [0.2, 0.25) is 0 Å². The number of aromatic nitrogens is 1. The molecule has 0 unspecified atom stereocenters. The lowest BCUT2D eigenvalue weighted by molar-refractivity contribution is -0.138. The first-order valence-corrected chi connectivity index (χ1v) is 7.68. The van der Waals surface area contributed by atoms with Gasteiger partial charge in [-0.3, -0.25) is 4.79 Å². The number of anilines is 1. The Morgan fingerprint density at radius 3 is 2.36 bits per heavy atom. The van der Waals surface area contributed by atoms with Gasteiger partial charge in [-0.25, -0.2) is 9.37 Å². The average molecular weight is 353 g/mol. The molecule has 8 heteroatoms. The van der Waals surface area contributed by atoms with Crippen molar-refractivity contribution in [2.24, 2.45) is 0 Å². The maximum absolute atomic E-state index is 13.2. The smallest absolute Gasteiger partial charge is 0.353 e. The van der Waals surface area contributed by atoms with Gasteiger partial charge in [0.25, 0.3) is 5.91 Å². The van der Waals surface area contributed by atoms with Gasteiger partial charge in [0.05, 0.1) is 11.1 Å². The van der Waals surface area contributed by atoms with E-state index in [2.05, 4.69) is 4.98 Å². The largest absolute Gasteiger partial charge is 0.417 e. The highest BCUT2D eigenvalue weighted by atomic mass is 19.4. The van der Waals surface area contributed by atoms with Crippen LogP contribution >= 0.6 is 0 Å². The number of pyridine rings is 1. The Hall–Kier alpha value is -2.64. The van der Waals surface area contributed by atoms with Gasteiger partial charge in [-0.15, -0.1) is 0 Å². The fraction of sp³-hybridized carbons (Fsp3) is 0.294. The summed E-state index contributed by atoms with van der Waals surface area (Å²) < 4.78 is 52.4. The van der Waals surface area contributed by atoms with Gasteiger partial charge in [-0.2, -0.15) is 13.2 Å². The summed E-state index contributed by atoms with van der Waals surface area (Å²) in [7, 11) is 0. The van der Waals surface area contributed by atoms with Gasteiger partial charge in [0.2, 0.25) is 0 Å². The zero-order valence-corrected chi connectivity index (χ0v) is 13.1. The third-order valence-corrected chi connectivity index (χ3v) is 4.06. The van der Waals surface area contributed by atoms with Gasteiger partial charge >= 0.3 is 6.18 Å². The fourth-order valence-electron chi connectivity index (χ4n) is 2.79. The van der Waals surface area contributed by atoms with Crippen LogP contribution in [-0.4, -0.2) is 42.0 Å². The third-order valence-electron chi connectivity index (χ3n) is 4.06. The number of piperazine rings is 1. The molecule has 0 aliphatic carbocycles. The van der Waals surface area contributed by atoms with Crippen LogP contribution in [0.3, 0.4) is 0 Å². The van der Waals surface area contributed by atoms with E-state index in [4.69, 9.17) is 0 Å². The Bertz CT molecular complexity index is 756. The standard InChI is InChI=1S/C17H15F4N3O/c18-12-4-5-13(14(11-12)17(19,20)21)16(25)24-9-7-23(8-10-24)15-3-1-2-6-22-15/h1-6,11H,7-10H2.